The first-order chi connectivity index (χ1) is 42.7. The largest absolute Gasteiger partial charge is 0.508 e. The Morgan fingerprint density at radius 2 is 0.782 bits per heavy atom. The molecule has 0 aliphatic carbocycles. The highest BCUT2D eigenvalue weighted by Crippen LogP contribution is 2.38. The van der Waals surface area contributed by atoms with Gasteiger partial charge in [-0.05, 0) is 152 Å². The first-order valence-electron chi connectivity index (χ1n) is 30.5. The molecular weight excluding hydrogens is 1100 g/mol. The summed E-state index contributed by atoms with van der Waals surface area (Å²) in [5.41, 5.74) is 10.8. The molecule has 8 aromatic carbocycles. The fourth-order valence-corrected chi connectivity index (χ4v) is 9.87. The summed E-state index contributed by atoms with van der Waals surface area (Å²) in [7, 11) is 0. The highest BCUT2D eigenvalue weighted by atomic mass is 35.5. The maximum atomic E-state index is 9.89. The summed E-state index contributed by atoms with van der Waals surface area (Å²) in [5.74, 6) is 8.39. The van der Waals surface area contributed by atoms with Crippen molar-refractivity contribution >= 4 is 11.6 Å². The molecule has 87 heavy (non-hydrogen) atoms. The molecule has 10 rings (SSSR count). The number of aromatic nitrogens is 2. The lowest BCUT2D eigenvalue weighted by atomic mass is 10.1. The Morgan fingerprint density at radius 1 is 0.379 bits per heavy atom. The van der Waals surface area contributed by atoms with E-state index in [1.165, 1.54) is 0 Å². The SMILES string of the molecule is CCCc1c(O)cccc1Oc1ccccc1C.CCCc1c(OCCCOc2cc(OCc3ccccc3)c(-n3cccc3)cc2CC)cccc1Oc1ccccc1C.CCc1cc(-n2cccc2)c(OCc2ccccc2)cc1OCCCCl. The topological polar surface area (TPSA) is 94.7 Å². The number of halogens is 1. The quantitative estimate of drug-likeness (QED) is 0.0383. The number of aryl methyl sites for hydroxylation is 4. The van der Waals surface area contributed by atoms with Crippen LogP contribution >= 0.6 is 11.6 Å². The summed E-state index contributed by atoms with van der Waals surface area (Å²) in [6, 6.07) is 64.2. The second-order valence-electron chi connectivity index (χ2n) is 21.0. The van der Waals surface area contributed by atoms with Crippen molar-refractivity contribution in [3.63, 3.8) is 0 Å². The Bertz CT molecular complexity index is 3620. The first-order valence-corrected chi connectivity index (χ1v) is 31.0. The van der Waals surface area contributed by atoms with Crippen LogP contribution in [0.3, 0.4) is 0 Å². The summed E-state index contributed by atoms with van der Waals surface area (Å²) in [6.07, 6.45) is 15.1. The third-order valence-electron chi connectivity index (χ3n) is 14.5. The van der Waals surface area contributed by atoms with Crippen LogP contribution in [0.1, 0.15) is 97.9 Å². The zero-order valence-corrected chi connectivity index (χ0v) is 52.0. The van der Waals surface area contributed by atoms with Crippen LogP contribution < -0.4 is 33.2 Å². The smallest absolute Gasteiger partial charge is 0.147 e. The molecule has 1 N–H and O–H groups in total. The Labute approximate surface area is 520 Å². The average Bonchev–Trinajstić information content (AvgIpc) is 4.44. The van der Waals surface area contributed by atoms with Gasteiger partial charge in [0.15, 0.2) is 0 Å². The van der Waals surface area contributed by atoms with Gasteiger partial charge in [-0.25, -0.2) is 0 Å². The third-order valence-corrected chi connectivity index (χ3v) is 14.7. The molecule has 0 saturated heterocycles. The molecule has 452 valence electrons. The van der Waals surface area contributed by atoms with Gasteiger partial charge in [0.1, 0.15) is 70.7 Å². The number of nitrogens with zero attached hydrogens (tertiary/aromatic N) is 2. The van der Waals surface area contributed by atoms with E-state index in [4.69, 9.17) is 44.8 Å². The summed E-state index contributed by atoms with van der Waals surface area (Å²) in [4.78, 5) is 0. The minimum atomic E-state index is 0.308. The van der Waals surface area contributed by atoms with Gasteiger partial charge in [-0.2, -0.15) is 0 Å². The second-order valence-corrected chi connectivity index (χ2v) is 21.3. The molecule has 0 spiro atoms. The van der Waals surface area contributed by atoms with Gasteiger partial charge in [0, 0.05) is 60.3 Å². The van der Waals surface area contributed by atoms with E-state index in [1.54, 1.807) is 6.07 Å². The van der Waals surface area contributed by atoms with Crippen LogP contribution in [0.15, 0.2) is 219 Å². The van der Waals surface area contributed by atoms with E-state index < -0.39 is 0 Å². The van der Waals surface area contributed by atoms with Crippen molar-refractivity contribution in [2.75, 3.05) is 25.7 Å². The highest BCUT2D eigenvalue weighted by Gasteiger charge is 2.17. The van der Waals surface area contributed by atoms with Gasteiger partial charge in [0.05, 0.1) is 31.2 Å². The van der Waals surface area contributed by atoms with Crippen molar-refractivity contribution in [3.8, 4) is 68.9 Å². The Balaban J connectivity index is 0.000000188. The standard InChI is InChI=1S/C38H41NO4.C22H24ClNO2.C16H18O2/c1-4-15-32-35(20-13-21-36(32)43-34-19-10-9-16-29(34)3)40-24-14-25-41-37-27-38(42-28-30-17-7-6-8-18-30)33(26-31(37)5-2)39-22-11-12-23-39;1-2-19-15-20(24-12-6-7-13-24)22(16-21(19)25-14-8-11-23)26-17-18-9-4-3-5-10-18;1-3-7-13-14(17)9-6-11-16(13)18-15-10-5-4-8-12(15)2/h6-13,16-23,26-27H,4-5,14-15,24-25,28H2,1-3H3;3-7,9-10,12-13,15-16H,2,8,11,14,17H2,1H3;4-6,8-11,17H,3,7H2,1-2H3. The third kappa shape index (κ3) is 18.8. The molecule has 0 amide bonds. The number of phenolic OH excluding ortho intramolecular Hbond substituents is 1. The van der Waals surface area contributed by atoms with Gasteiger partial charge in [-0.3, -0.25) is 0 Å². The minimum Gasteiger partial charge on any atom is -0.508 e. The minimum absolute atomic E-state index is 0.308. The van der Waals surface area contributed by atoms with E-state index in [0.29, 0.717) is 44.7 Å². The number of ether oxygens (including phenoxy) is 7. The monoisotopic (exact) mass is 1190 g/mol. The lowest BCUT2D eigenvalue weighted by molar-refractivity contribution is 0.242. The number of hydrogen-bond acceptors (Lipinski definition) is 8. The molecule has 10 aromatic rings. The fourth-order valence-electron chi connectivity index (χ4n) is 9.77. The molecule has 0 saturated carbocycles. The summed E-state index contributed by atoms with van der Waals surface area (Å²) in [6.45, 7) is 15.3. The Hall–Kier alpha value is -8.99. The molecule has 10 nitrogen and oxygen atoms in total. The number of para-hydroxylation sites is 2. The number of alkyl halides is 1. The van der Waals surface area contributed by atoms with Crippen LogP contribution in [0.2, 0.25) is 0 Å². The maximum Gasteiger partial charge on any atom is 0.147 e. The van der Waals surface area contributed by atoms with Crippen LogP contribution in [0.25, 0.3) is 11.4 Å². The van der Waals surface area contributed by atoms with Gasteiger partial charge in [0.2, 0.25) is 0 Å². The van der Waals surface area contributed by atoms with Gasteiger partial charge in [-0.15, -0.1) is 11.6 Å². The molecule has 0 atom stereocenters. The normalized spacial score (nSPS) is 10.7. The van der Waals surface area contributed by atoms with Gasteiger partial charge in [0.25, 0.3) is 0 Å². The molecule has 0 radical (unpaired) electrons. The Morgan fingerprint density at radius 3 is 1.24 bits per heavy atom. The van der Waals surface area contributed by atoms with Gasteiger partial charge in [-0.1, -0.05) is 150 Å². The number of benzene rings is 8. The van der Waals surface area contributed by atoms with Gasteiger partial charge >= 0.3 is 0 Å². The molecule has 2 heterocycles. The Kier molecular flexibility index (Phi) is 25.2. The predicted octanol–water partition coefficient (Wildman–Crippen LogP) is 19.6. The maximum absolute atomic E-state index is 9.89. The van der Waals surface area contributed by atoms with Crippen LogP contribution in [-0.2, 0) is 38.9 Å². The van der Waals surface area contributed by atoms with Crippen molar-refractivity contribution in [1.29, 1.82) is 0 Å². The summed E-state index contributed by atoms with van der Waals surface area (Å²) >= 11 is 5.78. The van der Waals surface area contributed by atoms with Crippen LogP contribution in [0.4, 0.5) is 0 Å². The molecule has 2 aromatic heterocycles. The number of hydrogen-bond donors (Lipinski definition) is 1. The lowest BCUT2D eigenvalue weighted by Gasteiger charge is -2.18. The molecule has 0 bridgehead atoms. The second kappa shape index (κ2) is 34.2. The average molecular weight is 1190 g/mol. The van der Waals surface area contributed by atoms with E-state index in [-0.39, 0.29) is 0 Å². The molecular formula is C76H83ClN2O8. The molecule has 0 unspecified atom stereocenters. The van der Waals surface area contributed by atoms with E-state index in [1.807, 2.05) is 177 Å². The summed E-state index contributed by atoms with van der Waals surface area (Å²) < 4.78 is 47.5. The molecule has 0 fully saturated rings. The van der Waals surface area contributed by atoms with E-state index >= 15 is 0 Å². The number of phenols is 1. The van der Waals surface area contributed by atoms with E-state index in [2.05, 4.69) is 86.2 Å². The van der Waals surface area contributed by atoms with Crippen molar-refractivity contribution < 1.29 is 38.3 Å². The number of aromatic hydroxyl groups is 1. The highest BCUT2D eigenvalue weighted by molar-refractivity contribution is 6.17. The molecule has 0 aliphatic rings. The van der Waals surface area contributed by atoms with Crippen LogP contribution in [-0.4, -0.2) is 39.9 Å². The van der Waals surface area contributed by atoms with Crippen molar-refractivity contribution in [2.24, 2.45) is 0 Å². The summed E-state index contributed by atoms with van der Waals surface area (Å²) in [5, 5.41) is 9.89. The van der Waals surface area contributed by atoms with Crippen LogP contribution in [0, 0.1) is 13.8 Å². The van der Waals surface area contributed by atoms with E-state index in [0.717, 1.165) is 159 Å². The van der Waals surface area contributed by atoms with Crippen molar-refractivity contribution in [3.05, 3.63) is 263 Å². The number of rotatable bonds is 28. The van der Waals surface area contributed by atoms with Crippen molar-refractivity contribution in [2.45, 2.75) is 106 Å². The zero-order valence-electron chi connectivity index (χ0n) is 51.3. The lowest BCUT2D eigenvalue weighted by Crippen LogP contribution is -2.08. The predicted molar refractivity (Wildman–Crippen MR) is 353 cm³/mol. The zero-order chi connectivity index (χ0) is 61.0. The van der Waals surface area contributed by atoms with E-state index in [9.17, 15) is 5.11 Å². The van der Waals surface area contributed by atoms with Crippen LogP contribution in [0.5, 0.6) is 57.5 Å². The van der Waals surface area contributed by atoms with Gasteiger partial charge < -0.3 is 47.4 Å². The molecule has 11 heteroatoms. The first kappa shape index (κ1) is 64.0. The van der Waals surface area contributed by atoms with Crippen molar-refractivity contribution in [1.82, 2.24) is 9.13 Å². The molecule has 0 aliphatic heterocycles. The fraction of sp³-hybridized carbons (Fsp3) is 0.263.